The summed E-state index contributed by atoms with van der Waals surface area (Å²) in [6.07, 6.45) is -1.96. The third-order valence-electron chi connectivity index (χ3n) is 15.3. The van der Waals surface area contributed by atoms with Gasteiger partial charge in [0.2, 0.25) is 0 Å². The van der Waals surface area contributed by atoms with Crippen molar-refractivity contribution in [2.75, 3.05) is 6.61 Å². The van der Waals surface area contributed by atoms with Gasteiger partial charge in [-0.3, -0.25) is 0 Å². The van der Waals surface area contributed by atoms with E-state index in [9.17, 15) is 35.7 Å². The van der Waals surface area contributed by atoms with Gasteiger partial charge in [0.25, 0.3) is 0 Å². The van der Waals surface area contributed by atoms with E-state index in [-0.39, 0.29) is 51.4 Å². The molecule has 6 aliphatic rings. The first-order chi connectivity index (χ1) is 21.2. The lowest BCUT2D eigenvalue weighted by molar-refractivity contribution is -0.332. The van der Waals surface area contributed by atoms with E-state index >= 15 is 0 Å². The van der Waals surface area contributed by atoms with Crippen LogP contribution in [0.2, 0.25) is 0 Å². The summed E-state index contributed by atoms with van der Waals surface area (Å²) < 4.78 is 18.8. The SMILES string of the molecule is CC(C)(O)[C@@H]1O[C@](C)(C2CC[C@]3(C)[C@@H]2[C@H](O)C[C@@H]2[C@@]4(C)CC[C@H](O[C@@H]5O[C@H](CO)[C@@H](O)[C@H](O)[C@H]5O)C(C)(C)[C@@H]4CC[C@]23C)CC1O. The summed E-state index contributed by atoms with van der Waals surface area (Å²) in [7, 11) is 0. The van der Waals surface area contributed by atoms with E-state index in [1.165, 1.54) is 0 Å². The van der Waals surface area contributed by atoms with Crippen LogP contribution in [0.4, 0.5) is 0 Å². The Labute approximate surface area is 274 Å². The zero-order valence-corrected chi connectivity index (χ0v) is 29.2. The van der Waals surface area contributed by atoms with E-state index in [4.69, 9.17) is 14.2 Å². The van der Waals surface area contributed by atoms with Crippen LogP contribution in [0.25, 0.3) is 0 Å². The molecule has 2 unspecified atom stereocenters. The van der Waals surface area contributed by atoms with Crippen molar-refractivity contribution in [3.05, 3.63) is 0 Å². The smallest absolute Gasteiger partial charge is 0.186 e. The summed E-state index contributed by atoms with van der Waals surface area (Å²) in [5.74, 6) is 0.681. The van der Waals surface area contributed by atoms with E-state index in [0.717, 1.165) is 38.5 Å². The normalized spacial score (nSPS) is 57.1. The molecule has 0 aromatic heterocycles. The molecule has 0 spiro atoms. The van der Waals surface area contributed by atoms with Crippen molar-refractivity contribution in [1.29, 1.82) is 0 Å². The fourth-order valence-electron chi connectivity index (χ4n) is 12.8. The van der Waals surface area contributed by atoms with E-state index in [1.807, 2.05) is 0 Å². The molecule has 2 heterocycles. The fraction of sp³-hybridized carbons (Fsp3) is 1.00. The molecule has 4 saturated carbocycles. The standard InChI is InChI=1S/C36H62O10/c1-31(2)22-10-14-34(6)23(33(22,5)12-11-24(31)45-30-28(42)27(41)26(40)21(17-37)44-30)15-19(38)25-18(9-13-35(25,34)7)36(8)16-20(39)29(46-36)32(3,4)43/h18-30,37-43H,9-17H2,1-8H3/t18?,19-,20?,21-,22+,23-,24+,25+,26-,27+,28-,29-,30+,33+,34-,35-,36+/m1/s1. The Balaban J connectivity index is 1.24. The largest absolute Gasteiger partial charge is 0.394 e. The highest BCUT2D eigenvalue weighted by molar-refractivity contribution is 5.21. The Morgan fingerprint density at radius 2 is 1.43 bits per heavy atom. The van der Waals surface area contributed by atoms with Crippen LogP contribution < -0.4 is 0 Å². The van der Waals surface area contributed by atoms with Gasteiger partial charge >= 0.3 is 0 Å². The summed E-state index contributed by atoms with van der Waals surface area (Å²) in [5.41, 5.74) is -2.28. The molecule has 266 valence electrons. The van der Waals surface area contributed by atoms with Crippen LogP contribution in [0.1, 0.15) is 107 Å². The van der Waals surface area contributed by atoms with Crippen LogP contribution in [0, 0.1) is 45.3 Å². The molecule has 7 N–H and O–H groups in total. The molecular weight excluding hydrogens is 592 g/mol. The molecule has 0 radical (unpaired) electrons. The third kappa shape index (κ3) is 4.94. The number of rotatable bonds is 5. The molecule has 4 aliphatic carbocycles. The Morgan fingerprint density at radius 3 is 2.04 bits per heavy atom. The molecule has 0 amide bonds. The molecule has 6 fully saturated rings. The third-order valence-corrected chi connectivity index (χ3v) is 15.3. The number of hydrogen-bond acceptors (Lipinski definition) is 10. The van der Waals surface area contributed by atoms with E-state index in [2.05, 4.69) is 41.5 Å². The minimum atomic E-state index is -1.47. The zero-order valence-electron chi connectivity index (χ0n) is 29.2. The van der Waals surface area contributed by atoms with Crippen LogP contribution in [0.5, 0.6) is 0 Å². The van der Waals surface area contributed by atoms with Crippen LogP contribution in [-0.2, 0) is 14.2 Å². The lowest BCUT2D eigenvalue weighted by Crippen LogP contribution is -2.67. The maximum Gasteiger partial charge on any atom is 0.186 e. The summed E-state index contributed by atoms with van der Waals surface area (Å²) >= 11 is 0. The van der Waals surface area contributed by atoms with Crippen molar-refractivity contribution in [3.8, 4) is 0 Å². The maximum absolute atomic E-state index is 12.2. The second-order valence-corrected chi connectivity index (χ2v) is 18.4. The topological polar surface area (TPSA) is 169 Å². The zero-order chi connectivity index (χ0) is 34.0. The summed E-state index contributed by atoms with van der Waals surface area (Å²) in [4.78, 5) is 0. The molecule has 2 aliphatic heterocycles. The van der Waals surface area contributed by atoms with Gasteiger partial charge in [0, 0.05) is 6.42 Å². The molecule has 0 aromatic rings. The van der Waals surface area contributed by atoms with Gasteiger partial charge in [-0.25, -0.2) is 0 Å². The quantitative estimate of drug-likeness (QED) is 0.219. The monoisotopic (exact) mass is 654 g/mol. The Morgan fingerprint density at radius 1 is 0.783 bits per heavy atom. The lowest BCUT2D eigenvalue weighted by atomic mass is 9.35. The van der Waals surface area contributed by atoms with Crippen LogP contribution in [-0.4, -0.2) is 109 Å². The first-order valence-corrected chi connectivity index (χ1v) is 17.9. The second kappa shape index (κ2) is 11.3. The Hall–Kier alpha value is -0.400. The minimum absolute atomic E-state index is 0.0127. The summed E-state index contributed by atoms with van der Waals surface area (Å²) in [6, 6.07) is 0. The van der Waals surface area contributed by atoms with Crippen LogP contribution >= 0.6 is 0 Å². The van der Waals surface area contributed by atoms with Crippen LogP contribution in [0.15, 0.2) is 0 Å². The van der Waals surface area contributed by atoms with Crippen molar-refractivity contribution in [2.45, 2.75) is 173 Å². The first kappa shape index (κ1) is 35.4. The fourth-order valence-corrected chi connectivity index (χ4v) is 12.8. The minimum Gasteiger partial charge on any atom is -0.394 e. The molecule has 0 bridgehead atoms. The first-order valence-electron chi connectivity index (χ1n) is 17.9. The highest BCUT2D eigenvalue weighted by Crippen LogP contribution is 2.76. The molecule has 2 saturated heterocycles. The van der Waals surface area contributed by atoms with Crippen molar-refractivity contribution >= 4 is 0 Å². The van der Waals surface area contributed by atoms with Crippen LogP contribution in [0.3, 0.4) is 0 Å². The van der Waals surface area contributed by atoms with Gasteiger partial charge in [-0.05, 0) is 111 Å². The van der Waals surface area contributed by atoms with E-state index in [1.54, 1.807) is 13.8 Å². The number of aliphatic hydroxyl groups is 7. The Bertz CT molecular complexity index is 1140. The predicted molar refractivity (Wildman–Crippen MR) is 169 cm³/mol. The number of fused-ring (bicyclic) bond motifs is 5. The average molecular weight is 655 g/mol. The van der Waals surface area contributed by atoms with Gasteiger partial charge in [-0.1, -0.05) is 34.6 Å². The molecule has 46 heavy (non-hydrogen) atoms. The molecule has 0 aromatic carbocycles. The van der Waals surface area contributed by atoms with Gasteiger partial charge in [0.15, 0.2) is 6.29 Å². The Kier molecular flexibility index (Phi) is 8.71. The predicted octanol–water partition coefficient (Wildman–Crippen LogP) is 2.51. The van der Waals surface area contributed by atoms with E-state index < -0.39 is 66.8 Å². The number of ether oxygens (including phenoxy) is 3. The average Bonchev–Trinajstić information content (AvgIpc) is 3.50. The van der Waals surface area contributed by atoms with Gasteiger partial charge < -0.3 is 50.0 Å². The maximum atomic E-state index is 12.2. The van der Waals surface area contributed by atoms with Crippen molar-refractivity contribution < 1.29 is 50.0 Å². The van der Waals surface area contributed by atoms with Crippen molar-refractivity contribution in [2.24, 2.45) is 45.3 Å². The highest BCUT2D eigenvalue weighted by atomic mass is 16.7. The molecule has 17 atom stereocenters. The van der Waals surface area contributed by atoms with Crippen molar-refractivity contribution in [1.82, 2.24) is 0 Å². The molecule has 6 rings (SSSR count). The summed E-state index contributed by atoms with van der Waals surface area (Å²) in [5, 5.41) is 74.9. The van der Waals surface area contributed by atoms with Gasteiger partial charge in [0.05, 0.1) is 36.1 Å². The van der Waals surface area contributed by atoms with Gasteiger partial charge in [0.1, 0.15) is 30.5 Å². The highest BCUT2D eigenvalue weighted by Gasteiger charge is 2.72. The van der Waals surface area contributed by atoms with Crippen molar-refractivity contribution in [3.63, 3.8) is 0 Å². The number of hydrogen-bond donors (Lipinski definition) is 7. The molecular formula is C36H62O10. The molecule has 10 heteroatoms. The van der Waals surface area contributed by atoms with Gasteiger partial charge in [-0.15, -0.1) is 0 Å². The second-order valence-electron chi connectivity index (χ2n) is 18.4. The number of aliphatic hydroxyl groups excluding tert-OH is 6. The van der Waals surface area contributed by atoms with Gasteiger partial charge in [-0.2, -0.15) is 0 Å². The summed E-state index contributed by atoms with van der Waals surface area (Å²) in [6.45, 7) is 16.7. The molecule has 10 nitrogen and oxygen atoms in total. The van der Waals surface area contributed by atoms with E-state index in [0.29, 0.717) is 12.8 Å². The lowest BCUT2D eigenvalue weighted by Gasteiger charge is -2.70.